The van der Waals surface area contributed by atoms with Crippen molar-refractivity contribution < 1.29 is 9.94 Å². The Bertz CT molecular complexity index is 173. The molecule has 1 fully saturated rings. The largest absolute Gasteiger partial charge is 0.408 e. The first kappa shape index (κ1) is 9.12. The van der Waals surface area contributed by atoms with E-state index in [1.807, 2.05) is 13.8 Å². The molecule has 5 nitrogen and oxygen atoms in total. The van der Waals surface area contributed by atoms with Gasteiger partial charge in [-0.05, 0) is 13.8 Å². The Morgan fingerprint density at radius 2 is 2.00 bits per heavy atom. The number of ether oxygens (including phenoxy) is 1. The number of hydrogen-bond acceptors (Lipinski definition) is 3. The molecule has 70 valence electrons. The van der Waals surface area contributed by atoms with E-state index in [0.717, 1.165) is 0 Å². The van der Waals surface area contributed by atoms with Gasteiger partial charge in [-0.25, -0.2) is 0 Å². The van der Waals surface area contributed by atoms with Crippen LogP contribution in [0.1, 0.15) is 13.8 Å². The highest BCUT2D eigenvalue weighted by Crippen LogP contribution is 2.09. The zero-order chi connectivity index (χ0) is 9.14. The average Bonchev–Trinajstić information content (AvgIpc) is 2.01. The van der Waals surface area contributed by atoms with Crippen LogP contribution >= 0.6 is 0 Å². The van der Waals surface area contributed by atoms with E-state index in [1.165, 1.54) is 0 Å². The molecule has 0 aromatic rings. The molecule has 1 rings (SSSR count). The minimum atomic E-state index is 0.133. The fraction of sp³-hybridized carbons (Fsp3) is 0.857. The van der Waals surface area contributed by atoms with Crippen LogP contribution in [0.3, 0.4) is 0 Å². The normalized spacial score (nSPS) is 32.2. The molecular weight excluding hydrogens is 158 g/mol. The van der Waals surface area contributed by atoms with Crippen molar-refractivity contribution in [3.8, 4) is 0 Å². The molecule has 0 spiro atoms. The molecule has 1 aliphatic heterocycles. The molecule has 5 heteroatoms. The molecular formula is C7H15N3O2. The van der Waals surface area contributed by atoms with Gasteiger partial charge in [0.15, 0.2) is 0 Å². The first-order valence-corrected chi connectivity index (χ1v) is 4.01. The monoisotopic (exact) mass is 173 g/mol. The number of nitrogens with two attached hydrogens (primary N) is 1. The fourth-order valence-electron chi connectivity index (χ4n) is 1.43. The van der Waals surface area contributed by atoms with Crippen molar-refractivity contribution in [1.82, 2.24) is 4.90 Å². The minimum absolute atomic E-state index is 0.133. The van der Waals surface area contributed by atoms with Crippen molar-refractivity contribution in [1.29, 1.82) is 0 Å². The summed E-state index contributed by atoms with van der Waals surface area (Å²) in [6.07, 6.45) is 0.267. The third-order valence-electron chi connectivity index (χ3n) is 1.85. The molecule has 0 aromatic heterocycles. The Labute approximate surface area is 71.8 Å². The highest BCUT2D eigenvalue weighted by Gasteiger charge is 2.23. The van der Waals surface area contributed by atoms with Gasteiger partial charge in [-0.2, -0.15) is 0 Å². The summed E-state index contributed by atoms with van der Waals surface area (Å²) in [6, 6.07) is 0. The summed E-state index contributed by atoms with van der Waals surface area (Å²) in [6.45, 7) is 5.29. The second kappa shape index (κ2) is 3.62. The Morgan fingerprint density at radius 1 is 1.50 bits per heavy atom. The molecule has 0 amide bonds. The maximum absolute atomic E-state index is 8.44. The van der Waals surface area contributed by atoms with Gasteiger partial charge in [0, 0.05) is 13.1 Å². The van der Waals surface area contributed by atoms with Crippen molar-refractivity contribution in [3.63, 3.8) is 0 Å². The summed E-state index contributed by atoms with van der Waals surface area (Å²) in [5.41, 5.74) is 5.44. The van der Waals surface area contributed by atoms with E-state index in [4.69, 9.17) is 15.7 Å². The molecule has 1 heterocycles. The number of hydrogen-bond donors (Lipinski definition) is 2. The average molecular weight is 173 g/mol. The van der Waals surface area contributed by atoms with Crippen molar-refractivity contribution in [2.24, 2.45) is 10.9 Å². The van der Waals surface area contributed by atoms with Crippen LogP contribution in [0.5, 0.6) is 0 Å². The Morgan fingerprint density at radius 3 is 2.42 bits per heavy atom. The lowest BCUT2D eigenvalue weighted by atomic mass is 10.2. The van der Waals surface area contributed by atoms with Crippen molar-refractivity contribution >= 4 is 5.96 Å². The smallest absolute Gasteiger partial charge is 0.233 e. The van der Waals surface area contributed by atoms with Gasteiger partial charge in [-0.15, -0.1) is 0 Å². The molecule has 3 N–H and O–H groups in total. The van der Waals surface area contributed by atoms with Crippen molar-refractivity contribution in [2.45, 2.75) is 26.1 Å². The second-order valence-corrected chi connectivity index (χ2v) is 3.12. The number of guanidine groups is 1. The van der Waals surface area contributed by atoms with E-state index in [0.29, 0.717) is 13.1 Å². The van der Waals surface area contributed by atoms with E-state index in [9.17, 15) is 0 Å². The first-order chi connectivity index (χ1) is 5.63. The molecule has 1 saturated heterocycles. The Kier molecular flexibility index (Phi) is 2.75. The summed E-state index contributed by atoms with van der Waals surface area (Å²) >= 11 is 0. The van der Waals surface area contributed by atoms with Gasteiger partial charge in [-0.3, -0.25) is 0 Å². The van der Waals surface area contributed by atoms with Gasteiger partial charge in [0.05, 0.1) is 12.2 Å². The number of oxime groups is 1. The van der Waals surface area contributed by atoms with Gasteiger partial charge in [-0.1, -0.05) is 5.16 Å². The summed E-state index contributed by atoms with van der Waals surface area (Å²) in [5, 5.41) is 11.4. The van der Waals surface area contributed by atoms with Crippen molar-refractivity contribution in [2.75, 3.05) is 13.1 Å². The van der Waals surface area contributed by atoms with E-state index < -0.39 is 0 Å². The summed E-state index contributed by atoms with van der Waals surface area (Å²) < 4.78 is 5.48. The molecule has 1 aliphatic rings. The van der Waals surface area contributed by atoms with Gasteiger partial charge in [0.2, 0.25) is 5.96 Å². The molecule has 0 aromatic carbocycles. The number of morpholine rings is 1. The summed E-state index contributed by atoms with van der Waals surface area (Å²) in [7, 11) is 0. The van der Waals surface area contributed by atoms with E-state index in [2.05, 4.69) is 5.16 Å². The predicted molar refractivity (Wildman–Crippen MR) is 45.0 cm³/mol. The fourth-order valence-corrected chi connectivity index (χ4v) is 1.43. The minimum Gasteiger partial charge on any atom is -0.408 e. The number of nitrogens with zero attached hydrogens (tertiary/aromatic N) is 2. The van der Waals surface area contributed by atoms with Crippen molar-refractivity contribution in [3.05, 3.63) is 0 Å². The van der Waals surface area contributed by atoms with Crippen LogP contribution in [0.4, 0.5) is 0 Å². The van der Waals surface area contributed by atoms with E-state index in [1.54, 1.807) is 4.90 Å². The predicted octanol–water partition coefficient (Wildman–Crippen LogP) is -0.200. The zero-order valence-corrected chi connectivity index (χ0v) is 7.40. The maximum atomic E-state index is 8.44. The first-order valence-electron chi connectivity index (χ1n) is 4.01. The molecule has 0 unspecified atom stereocenters. The molecule has 2 atom stereocenters. The second-order valence-electron chi connectivity index (χ2n) is 3.12. The van der Waals surface area contributed by atoms with Gasteiger partial charge in [0.25, 0.3) is 0 Å². The SMILES string of the molecule is C[C@@H]1CN(/C(N)=N/O)C[C@H](C)O1. The standard InChI is InChI=1S/C7H15N3O2/c1-5-3-10(7(8)9-11)4-6(2)12-5/h5-6,11H,3-4H2,1-2H3,(H2,8,9)/t5-,6+. The van der Waals surface area contributed by atoms with Crippen LogP contribution in [0.2, 0.25) is 0 Å². The van der Waals surface area contributed by atoms with Crippen LogP contribution in [0.15, 0.2) is 5.16 Å². The van der Waals surface area contributed by atoms with E-state index >= 15 is 0 Å². The zero-order valence-electron chi connectivity index (χ0n) is 7.40. The molecule has 0 saturated carbocycles. The molecule has 12 heavy (non-hydrogen) atoms. The lowest BCUT2D eigenvalue weighted by molar-refractivity contribution is -0.0489. The van der Waals surface area contributed by atoms with Gasteiger partial charge < -0.3 is 20.6 Å². The third kappa shape index (κ3) is 2.01. The maximum Gasteiger partial charge on any atom is 0.233 e. The van der Waals surface area contributed by atoms with E-state index in [-0.39, 0.29) is 18.2 Å². The lowest BCUT2D eigenvalue weighted by Gasteiger charge is -2.35. The quantitative estimate of drug-likeness (QED) is 0.230. The molecule has 0 bridgehead atoms. The topological polar surface area (TPSA) is 71.1 Å². The Hall–Kier alpha value is -0.970. The highest BCUT2D eigenvalue weighted by atomic mass is 16.5. The van der Waals surface area contributed by atoms with Crippen LogP contribution in [0, 0.1) is 0 Å². The summed E-state index contributed by atoms with van der Waals surface area (Å²) in [5.74, 6) is 0.164. The van der Waals surface area contributed by atoms with Crippen LogP contribution < -0.4 is 5.73 Å². The molecule has 0 radical (unpaired) electrons. The van der Waals surface area contributed by atoms with Crippen LogP contribution in [0.25, 0.3) is 0 Å². The van der Waals surface area contributed by atoms with Crippen LogP contribution in [-0.2, 0) is 4.74 Å². The van der Waals surface area contributed by atoms with Gasteiger partial charge in [0.1, 0.15) is 0 Å². The Balaban J connectivity index is 2.55. The lowest BCUT2D eigenvalue weighted by Crippen LogP contribution is -2.50. The third-order valence-corrected chi connectivity index (χ3v) is 1.85. The molecule has 0 aliphatic carbocycles. The highest BCUT2D eigenvalue weighted by molar-refractivity contribution is 5.77. The summed E-state index contributed by atoms with van der Waals surface area (Å²) in [4.78, 5) is 1.80. The van der Waals surface area contributed by atoms with Crippen LogP contribution in [-0.4, -0.2) is 41.4 Å². The van der Waals surface area contributed by atoms with Gasteiger partial charge >= 0.3 is 0 Å². The number of rotatable bonds is 0.